The Morgan fingerprint density at radius 1 is 1.10 bits per heavy atom. The van der Waals surface area contributed by atoms with Crippen LogP contribution in [0.25, 0.3) is 0 Å². The Morgan fingerprint density at radius 3 is 2.73 bits per heavy atom. The highest BCUT2D eigenvalue weighted by Gasteiger charge is 2.47. The molecule has 5 rings (SSSR count). The Labute approximate surface area is 179 Å². The van der Waals surface area contributed by atoms with Gasteiger partial charge in [0, 0.05) is 36.9 Å². The molecule has 1 fully saturated rings. The second-order valence-corrected chi connectivity index (χ2v) is 10.3. The average Bonchev–Trinajstić information content (AvgIpc) is 3.31. The number of sulfonamides is 1. The molecule has 0 unspecified atom stereocenters. The summed E-state index contributed by atoms with van der Waals surface area (Å²) in [5.41, 5.74) is 3.55. The summed E-state index contributed by atoms with van der Waals surface area (Å²) in [6, 6.07) is 8.37. The van der Waals surface area contributed by atoms with Crippen LogP contribution in [0.4, 0.5) is 0 Å². The summed E-state index contributed by atoms with van der Waals surface area (Å²) < 4.78 is 34.9. The second-order valence-electron chi connectivity index (χ2n) is 7.46. The number of aryl methyl sites for hydroxylation is 1. The molecule has 0 bridgehead atoms. The van der Waals surface area contributed by atoms with E-state index < -0.39 is 10.0 Å². The average molecular weight is 444 g/mol. The first-order valence-corrected chi connectivity index (χ1v) is 12.0. The van der Waals surface area contributed by atoms with Gasteiger partial charge < -0.3 is 4.74 Å². The van der Waals surface area contributed by atoms with Gasteiger partial charge in [-0.2, -0.15) is 4.31 Å². The second kappa shape index (κ2) is 7.69. The molecule has 0 aromatic carbocycles. The van der Waals surface area contributed by atoms with E-state index >= 15 is 0 Å². The fourth-order valence-electron chi connectivity index (χ4n) is 4.00. The molecule has 0 N–H and O–H groups in total. The van der Waals surface area contributed by atoms with E-state index in [0.29, 0.717) is 18.8 Å². The predicted molar refractivity (Wildman–Crippen MR) is 112 cm³/mol. The summed E-state index contributed by atoms with van der Waals surface area (Å²) in [6.07, 6.45) is 2.93. The maximum absolute atomic E-state index is 13.6. The molecule has 0 radical (unpaired) electrons. The molecule has 5 heterocycles. The summed E-state index contributed by atoms with van der Waals surface area (Å²) in [4.78, 5) is 16.4. The fourth-order valence-corrected chi connectivity index (χ4v) is 6.50. The number of hydrogen-bond acceptors (Lipinski definition) is 8. The molecular formula is C20H21N5O3S2. The summed E-state index contributed by atoms with van der Waals surface area (Å²) in [5, 5.41) is 0. The number of pyridine rings is 2. The van der Waals surface area contributed by atoms with E-state index in [2.05, 4.69) is 19.9 Å². The third-order valence-corrected chi connectivity index (χ3v) is 8.33. The van der Waals surface area contributed by atoms with Crippen LogP contribution >= 0.6 is 11.3 Å². The quantitative estimate of drug-likeness (QED) is 0.610. The van der Waals surface area contributed by atoms with Gasteiger partial charge >= 0.3 is 0 Å². The molecule has 8 nitrogen and oxygen atoms in total. The van der Waals surface area contributed by atoms with Crippen molar-refractivity contribution in [1.29, 1.82) is 0 Å². The van der Waals surface area contributed by atoms with E-state index in [1.807, 2.05) is 30.6 Å². The van der Waals surface area contributed by atoms with E-state index in [9.17, 15) is 8.42 Å². The molecule has 0 aliphatic carbocycles. The Morgan fingerprint density at radius 2 is 1.97 bits per heavy atom. The molecule has 0 spiro atoms. The molecule has 2 atom stereocenters. The van der Waals surface area contributed by atoms with Gasteiger partial charge in [-0.25, -0.2) is 18.4 Å². The topological polar surface area (TPSA) is 88.5 Å². The third kappa shape index (κ3) is 3.49. The van der Waals surface area contributed by atoms with Gasteiger partial charge in [-0.3, -0.25) is 9.88 Å². The van der Waals surface area contributed by atoms with Crippen molar-refractivity contribution >= 4 is 21.4 Å². The van der Waals surface area contributed by atoms with Gasteiger partial charge in [0.15, 0.2) is 0 Å². The standard InChI is InChI=1S/C20H21N5O3S2/c1-14-18(29-13-23-14)12-24-10-16-17(11-24)28-20-19(6-4-8-22-20)30(26,27)25(16)9-15-5-2-3-7-21-15/h2-8,13,16-17H,9-12H2,1H3/t16-,17+/m1/s1. The van der Waals surface area contributed by atoms with E-state index in [1.54, 1.807) is 35.9 Å². The van der Waals surface area contributed by atoms with Crippen molar-refractivity contribution in [2.75, 3.05) is 13.1 Å². The normalized spacial score (nSPS) is 23.4. The number of thiazole rings is 1. The van der Waals surface area contributed by atoms with Crippen molar-refractivity contribution in [3.8, 4) is 5.88 Å². The molecule has 0 saturated carbocycles. The van der Waals surface area contributed by atoms with Gasteiger partial charge in [0.2, 0.25) is 15.9 Å². The maximum atomic E-state index is 13.6. The first-order valence-electron chi connectivity index (χ1n) is 9.67. The van der Waals surface area contributed by atoms with Crippen LogP contribution in [-0.4, -0.2) is 57.8 Å². The van der Waals surface area contributed by atoms with E-state index in [4.69, 9.17) is 4.74 Å². The largest absolute Gasteiger partial charge is 0.470 e. The lowest BCUT2D eigenvalue weighted by Crippen LogP contribution is -2.46. The van der Waals surface area contributed by atoms with Crippen LogP contribution in [0.15, 0.2) is 53.1 Å². The van der Waals surface area contributed by atoms with Gasteiger partial charge in [-0.15, -0.1) is 11.3 Å². The summed E-state index contributed by atoms with van der Waals surface area (Å²) in [5.74, 6) is 0.173. The number of aromatic nitrogens is 3. The highest BCUT2D eigenvalue weighted by Crippen LogP contribution is 2.36. The smallest absolute Gasteiger partial charge is 0.249 e. The van der Waals surface area contributed by atoms with E-state index in [0.717, 1.165) is 12.2 Å². The lowest BCUT2D eigenvalue weighted by molar-refractivity contribution is 0.143. The van der Waals surface area contributed by atoms with Crippen molar-refractivity contribution < 1.29 is 13.2 Å². The number of rotatable bonds is 4. The Balaban J connectivity index is 1.51. The Hall–Kier alpha value is -2.40. The molecule has 30 heavy (non-hydrogen) atoms. The van der Waals surface area contributed by atoms with E-state index in [1.165, 1.54) is 9.18 Å². The van der Waals surface area contributed by atoms with Crippen molar-refractivity contribution in [3.63, 3.8) is 0 Å². The maximum Gasteiger partial charge on any atom is 0.249 e. The van der Waals surface area contributed by atoms with Crippen LogP contribution < -0.4 is 4.74 Å². The zero-order chi connectivity index (χ0) is 20.7. The van der Waals surface area contributed by atoms with Gasteiger partial charge in [0.25, 0.3) is 0 Å². The van der Waals surface area contributed by atoms with Gasteiger partial charge in [-0.1, -0.05) is 6.07 Å². The van der Waals surface area contributed by atoms with Crippen molar-refractivity contribution in [3.05, 3.63) is 64.5 Å². The van der Waals surface area contributed by atoms with Crippen molar-refractivity contribution in [2.45, 2.75) is 37.1 Å². The van der Waals surface area contributed by atoms with Crippen LogP contribution in [0, 0.1) is 6.92 Å². The molecular weight excluding hydrogens is 422 g/mol. The first kappa shape index (κ1) is 19.6. The Bertz CT molecular complexity index is 1150. The zero-order valence-corrected chi connectivity index (χ0v) is 18.0. The minimum atomic E-state index is -3.80. The molecule has 1 saturated heterocycles. The van der Waals surface area contributed by atoms with Crippen molar-refractivity contribution in [1.82, 2.24) is 24.2 Å². The summed E-state index contributed by atoms with van der Waals surface area (Å²) in [6.45, 7) is 4.09. The number of likely N-dealkylation sites (tertiary alicyclic amines) is 1. The number of ether oxygens (including phenoxy) is 1. The summed E-state index contributed by atoms with van der Waals surface area (Å²) >= 11 is 1.62. The van der Waals surface area contributed by atoms with Gasteiger partial charge in [-0.05, 0) is 31.2 Å². The number of fused-ring (bicyclic) bond motifs is 2. The molecule has 2 aliphatic rings. The van der Waals surface area contributed by atoms with Crippen LogP contribution in [0.5, 0.6) is 5.88 Å². The zero-order valence-electron chi connectivity index (χ0n) is 16.4. The van der Waals surface area contributed by atoms with Crippen LogP contribution in [0.2, 0.25) is 0 Å². The molecule has 156 valence electrons. The first-order chi connectivity index (χ1) is 14.5. The molecule has 3 aromatic heterocycles. The Kier molecular flexibility index (Phi) is 5.02. The lowest BCUT2D eigenvalue weighted by atomic mass is 10.2. The minimum absolute atomic E-state index is 0.111. The monoisotopic (exact) mass is 443 g/mol. The van der Waals surface area contributed by atoms with Crippen LogP contribution in [0.3, 0.4) is 0 Å². The molecule has 3 aromatic rings. The molecule has 2 aliphatic heterocycles. The van der Waals surface area contributed by atoms with Gasteiger partial charge in [0.05, 0.1) is 29.5 Å². The minimum Gasteiger partial charge on any atom is -0.470 e. The van der Waals surface area contributed by atoms with Crippen molar-refractivity contribution in [2.24, 2.45) is 0 Å². The van der Waals surface area contributed by atoms with Gasteiger partial charge in [0.1, 0.15) is 11.0 Å². The summed E-state index contributed by atoms with van der Waals surface area (Å²) in [7, 11) is -3.80. The highest BCUT2D eigenvalue weighted by atomic mass is 32.2. The predicted octanol–water partition coefficient (Wildman–Crippen LogP) is 2.08. The lowest BCUT2D eigenvalue weighted by Gasteiger charge is -2.27. The SMILES string of the molecule is Cc1ncsc1CN1C[C@@H]2Oc3ncccc3S(=O)(=O)N(Cc3ccccn3)[C@@H]2C1. The number of hydrogen-bond donors (Lipinski definition) is 0. The van der Waals surface area contributed by atoms with Crippen LogP contribution in [0.1, 0.15) is 16.3 Å². The van der Waals surface area contributed by atoms with Crippen LogP contribution in [-0.2, 0) is 23.1 Å². The third-order valence-electron chi connectivity index (χ3n) is 5.52. The fraction of sp³-hybridized carbons (Fsp3) is 0.350. The molecule has 0 amide bonds. The molecule has 10 heteroatoms. The van der Waals surface area contributed by atoms with E-state index in [-0.39, 0.29) is 29.5 Å². The highest BCUT2D eigenvalue weighted by molar-refractivity contribution is 7.89. The number of nitrogens with zero attached hydrogens (tertiary/aromatic N) is 5.